The second-order valence-electron chi connectivity index (χ2n) is 5.43. The Labute approximate surface area is 120 Å². The lowest BCUT2D eigenvalue weighted by molar-refractivity contribution is 0.318. The van der Waals surface area contributed by atoms with Gasteiger partial charge >= 0.3 is 0 Å². The number of oxime groups is 1. The quantitative estimate of drug-likeness (QED) is 0.275. The predicted octanol–water partition coefficient (Wildman–Crippen LogP) is 2.29. The molecular weight excluding hydrogens is 252 g/mol. The average Bonchev–Trinajstić information content (AvgIpc) is 2.92. The molecule has 0 atom stereocenters. The fraction of sp³-hybridized carbons (Fsp3) is 0.600. The standard InChI is InChI=1S/C15H24N4O/c1-3-4-5-9-19(2)15-12(14(16)18-20)10-11-7-6-8-13(11)17-15/h10,20H,3-9H2,1-2H3,(H2,16,18). The van der Waals surface area contributed by atoms with Crippen molar-refractivity contribution in [2.24, 2.45) is 10.9 Å². The summed E-state index contributed by atoms with van der Waals surface area (Å²) in [4.78, 5) is 6.87. The van der Waals surface area contributed by atoms with E-state index in [9.17, 15) is 0 Å². The van der Waals surface area contributed by atoms with Crippen LogP contribution in [-0.4, -0.2) is 29.6 Å². The molecule has 0 aliphatic heterocycles. The predicted molar refractivity (Wildman–Crippen MR) is 81.6 cm³/mol. The summed E-state index contributed by atoms with van der Waals surface area (Å²) in [6.07, 6.45) is 6.73. The number of nitrogens with two attached hydrogens (primary N) is 1. The molecule has 0 amide bonds. The second-order valence-corrected chi connectivity index (χ2v) is 5.43. The molecule has 5 heteroatoms. The van der Waals surface area contributed by atoms with Gasteiger partial charge in [0, 0.05) is 19.3 Å². The zero-order chi connectivity index (χ0) is 14.5. The molecule has 1 aliphatic rings. The summed E-state index contributed by atoms with van der Waals surface area (Å²) in [6, 6.07) is 2.04. The number of rotatable bonds is 6. The number of aromatic nitrogens is 1. The molecule has 0 saturated carbocycles. The number of pyridine rings is 1. The van der Waals surface area contributed by atoms with Crippen molar-refractivity contribution in [1.82, 2.24) is 4.98 Å². The Bertz CT molecular complexity index is 499. The Morgan fingerprint density at radius 2 is 2.25 bits per heavy atom. The normalized spacial score (nSPS) is 14.4. The van der Waals surface area contributed by atoms with Gasteiger partial charge in [0.15, 0.2) is 5.84 Å². The van der Waals surface area contributed by atoms with Crippen LogP contribution in [-0.2, 0) is 12.8 Å². The lowest BCUT2D eigenvalue weighted by Crippen LogP contribution is -2.25. The summed E-state index contributed by atoms with van der Waals surface area (Å²) in [6.45, 7) is 3.13. The lowest BCUT2D eigenvalue weighted by Gasteiger charge is -2.22. The molecular formula is C15H24N4O. The van der Waals surface area contributed by atoms with E-state index >= 15 is 0 Å². The molecule has 0 spiro atoms. The highest BCUT2D eigenvalue weighted by atomic mass is 16.4. The van der Waals surface area contributed by atoms with Crippen LogP contribution in [0.25, 0.3) is 0 Å². The summed E-state index contributed by atoms with van der Waals surface area (Å²) in [5.74, 6) is 0.974. The van der Waals surface area contributed by atoms with Crippen LogP contribution in [0, 0.1) is 0 Å². The van der Waals surface area contributed by atoms with Gasteiger partial charge in [-0.25, -0.2) is 4.98 Å². The van der Waals surface area contributed by atoms with Crippen molar-refractivity contribution >= 4 is 11.7 Å². The van der Waals surface area contributed by atoms with Crippen molar-refractivity contribution < 1.29 is 5.21 Å². The van der Waals surface area contributed by atoms with Crippen LogP contribution in [0.4, 0.5) is 5.82 Å². The number of hydrogen-bond acceptors (Lipinski definition) is 4. The van der Waals surface area contributed by atoms with Crippen LogP contribution in [0.15, 0.2) is 11.2 Å². The molecule has 0 saturated heterocycles. The van der Waals surface area contributed by atoms with E-state index in [1.807, 2.05) is 13.1 Å². The molecule has 5 nitrogen and oxygen atoms in total. The number of fused-ring (bicyclic) bond motifs is 1. The molecule has 3 N–H and O–H groups in total. The first-order chi connectivity index (χ1) is 9.67. The van der Waals surface area contributed by atoms with Gasteiger partial charge < -0.3 is 15.8 Å². The van der Waals surface area contributed by atoms with Crippen molar-refractivity contribution in [3.05, 3.63) is 22.9 Å². The summed E-state index contributed by atoms with van der Waals surface area (Å²) >= 11 is 0. The zero-order valence-electron chi connectivity index (χ0n) is 12.4. The Hall–Kier alpha value is -1.78. The number of nitrogens with zero attached hydrogens (tertiary/aromatic N) is 3. The Kier molecular flexibility index (Phi) is 4.82. The van der Waals surface area contributed by atoms with E-state index in [1.54, 1.807) is 0 Å². The van der Waals surface area contributed by atoms with Crippen molar-refractivity contribution in [3.8, 4) is 0 Å². The van der Waals surface area contributed by atoms with E-state index in [-0.39, 0.29) is 5.84 Å². The van der Waals surface area contributed by atoms with Gasteiger partial charge in [0.25, 0.3) is 0 Å². The third-order valence-electron chi connectivity index (χ3n) is 3.87. The van der Waals surface area contributed by atoms with Crippen molar-refractivity contribution in [2.45, 2.75) is 45.4 Å². The maximum absolute atomic E-state index is 8.97. The molecule has 1 aliphatic carbocycles. The van der Waals surface area contributed by atoms with Gasteiger partial charge in [0.1, 0.15) is 5.82 Å². The number of unbranched alkanes of at least 4 members (excludes halogenated alkanes) is 2. The van der Waals surface area contributed by atoms with Gasteiger partial charge in [-0.2, -0.15) is 0 Å². The van der Waals surface area contributed by atoms with Crippen LogP contribution in [0.3, 0.4) is 0 Å². The summed E-state index contributed by atoms with van der Waals surface area (Å²) < 4.78 is 0. The van der Waals surface area contributed by atoms with Crippen LogP contribution in [0.2, 0.25) is 0 Å². The highest BCUT2D eigenvalue weighted by Gasteiger charge is 2.20. The minimum atomic E-state index is 0.143. The van der Waals surface area contributed by atoms with E-state index in [2.05, 4.69) is 17.0 Å². The zero-order valence-corrected chi connectivity index (χ0v) is 12.4. The summed E-state index contributed by atoms with van der Waals surface area (Å²) in [5.41, 5.74) is 8.96. The topological polar surface area (TPSA) is 74.7 Å². The fourth-order valence-corrected chi connectivity index (χ4v) is 2.70. The Balaban J connectivity index is 2.29. The summed E-state index contributed by atoms with van der Waals surface area (Å²) in [5, 5.41) is 12.1. The monoisotopic (exact) mass is 276 g/mol. The minimum absolute atomic E-state index is 0.143. The average molecular weight is 276 g/mol. The lowest BCUT2D eigenvalue weighted by atomic mass is 10.1. The first kappa shape index (κ1) is 14.6. The molecule has 2 rings (SSSR count). The third kappa shape index (κ3) is 3.03. The molecule has 1 aromatic heterocycles. The van der Waals surface area contributed by atoms with E-state index < -0.39 is 0 Å². The highest BCUT2D eigenvalue weighted by Crippen LogP contribution is 2.27. The van der Waals surface area contributed by atoms with Crippen LogP contribution in [0.5, 0.6) is 0 Å². The molecule has 20 heavy (non-hydrogen) atoms. The minimum Gasteiger partial charge on any atom is -0.409 e. The van der Waals surface area contributed by atoms with E-state index in [1.165, 1.54) is 18.4 Å². The van der Waals surface area contributed by atoms with Crippen molar-refractivity contribution in [3.63, 3.8) is 0 Å². The van der Waals surface area contributed by atoms with Crippen LogP contribution >= 0.6 is 0 Å². The molecule has 110 valence electrons. The number of aryl methyl sites for hydroxylation is 2. The van der Waals surface area contributed by atoms with Crippen molar-refractivity contribution in [1.29, 1.82) is 0 Å². The molecule has 0 fully saturated rings. The highest BCUT2D eigenvalue weighted by molar-refractivity contribution is 6.01. The van der Waals surface area contributed by atoms with Gasteiger partial charge in [-0.1, -0.05) is 24.9 Å². The SMILES string of the molecule is CCCCCN(C)c1nc2c(cc1C(N)=NO)CCC2. The molecule has 0 radical (unpaired) electrons. The van der Waals surface area contributed by atoms with Gasteiger partial charge in [-0.05, 0) is 37.3 Å². The Morgan fingerprint density at radius 3 is 2.95 bits per heavy atom. The van der Waals surface area contributed by atoms with Crippen LogP contribution in [0.1, 0.15) is 49.4 Å². The third-order valence-corrected chi connectivity index (χ3v) is 3.87. The molecule has 1 heterocycles. The van der Waals surface area contributed by atoms with E-state index in [0.717, 1.165) is 49.3 Å². The van der Waals surface area contributed by atoms with Gasteiger partial charge in [-0.3, -0.25) is 0 Å². The number of amidine groups is 1. The van der Waals surface area contributed by atoms with Gasteiger partial charge in [0.05, 0.1) is 5.56 Å². The van der Waals surface area contributed by atoms with E-state index in [0.29, 0.717) is 0 Å². The maximum Gasteiger partial charge on any atom is 0.173 e. The smallest absolute Gasteiger partial charge is 0.173 e. The number of anilines is 1. The van der Waals surface area contributed by atoms with Crippen LogP contribution < -0.4 is 10.6 Å². The van der Waals surface area contributed by atoms with E-state index in [4.69, 9.17) is 15.9 Å². The summed E-state index contributed by atoms with van der Waals surface area (Å²) in [7, 11) is 2.02. The first-order valence-electron chi connectivity index (χ1n) is 7.39. The second kappa shape index (κ2) is 6.59. The largest absolute Gasteiger partial charge is 0.409 e. The maximum atomic E-state index is 8.97. The van der Waals surface area contributed by atoms with Gasteiger partial charge in [0.2, 0.25) is 0 Å². The number of hydrogen-bond donors (Lipinski definition) is 2. The molecule has 0 bridgehead atoms. The Morgan fingerprint density at radius 1 is 1.45 bits per heavy atom. The molecule has 0 aromatic carbocycles. The molecule has 0 unspecified atom stereocenters. The van der Waals surface area contributed by atoms with Crippen molar-refractivity contribution in [2.75, 3.05) is 18.5 Å². The van der Waals surface area contributed by atoms with Gasteiger partial charge in [-0.15, -0.1) is 0 Å². The first-order valence-corrected chi connectivity index (χ1v) is 7.39. The molecule has 1 aromatic rings. The fourth-order valence-electron chi connectivity index (χ4n) is 2.70.